The molecule has 78 valence electrons. The molecule has 5 nitrogen and oxygen atoms in total. The van der Waals surface area contributed by atoms with Crippen LogP contribution < -0.4 is 4.74 Å². The van der Waals surface area contributed by atoms with E-state index < -0.39 is 4.92 Å². The first-order chi connectivity index (χ1) is 7.19. The van der Waals surface area contributed by atoms with Crippen LogP contribution in [0.1, 0.15) is 5.56 Å². The lowest BCUT2D eigenvalue weighted by Crippen LogP contribution is -1.96. The number of rotatable bonds is 4. The molecule has 0 aliphatic carbocycles. The molecule has 0 aromatic heterocycles. The van der Waals surface area contributed by atoms with Gasteiger partial charge in [-0.15, -0.1) is 0 Å². The molecule has 0 N–H and O–H groups in total. The third kappa shape index (κ3) is 2.68. The zero-order valence-corrected chi connectivity index (χ0v) is 8.27. The smallest absolute Gasteiger partial charge is 0.310 e. The Balaban J connectivity index is 2.98. The molecule has 0 aliphatic rings. The molecular weight excluding hydrogens is 196 g/mol. The number of methoxy groups -OCH3 is 1. The minimum absolute atomic E-state index is 0.0518. The normalized spacial score (nSPS) is 9.33. The van der Waals surface area contributed by atoms with Crippen LogP contribution >= 0.6 is 0 Å². The van der Waals surface area contributed by atoms with Gasteiger partial charge in [0.15, 0.2) is 5.75 Å². The van der Waals surface area contributed by atoms with Crippen molar-refractivity contribution < 1.29 is 9.66 Å². The highest BCUT2D eigenvalue weighted by Crippen LogP contribution is 2.27. The monoisotopic (exact) mass is 206 g/mol. The van der Waals surface area contributed by atoms with Crippen LogP contribution in [-0.2, 0) is 6.42 Å². The van der Waals surface area contributed by atoms with Crippen LogP contribution in [0.25, 0.3) is 4.85 Å². The summed E-state index contributed by atoms with van der Waals surface area (Å²) in [5.41, 5.74) is 0.817. The van der Waals surface area contributed by atoms with Gasteiger partial charge >= 0.3 is 5.69 Å². The van der Waals surface area contributed by atoms with Gasteiger partial charge in [0.1, 0.15) is 0 Å². The van der Waals surface area contributed by atoms with E-state index in [1.54, 1.807) is 12.1 Å². The van der Waals surface area contributed by atoms with Crippen molar-refractivity contribution >= 4 is 5.69 Å². The molecule has 0 heterocycles. The standard InChI is InChI=1S/C10H10N2O3/c1-11-6-5-8-3-4-9(12(13)14)10(7-8)15-2/h3-4,7H,5-6H2,2H3. The van der Waals surface area contributed by atoms with Gasteiger partial charge in [0, 0.05) is 12.5 Å². The fourth-order valence-corrected chi connectivity index (χ4v) is 1.21. The van der Waals surface area contributed by atoms with Crippen molar-refractivity contribution in [3.8, 4) is 5.75 Å². The summed E-state index contributed by atoms with van der Waals surface area (Å²) in [6, 6.07) is 4.65. The van der Waals surface area contributed by atoms with Crippen molar-refractivity contribution in [2.75, 3.05) is 13.7 Å². The number of nitrogens with zero attached hydrogens (tertiary/aromatic N) is 2. The van der Waals surface area contributed by atoms with Crippen molar-refractivity contribution in [2.45, 2.75) is 6.42 Å². The van der Waals surface area contributed by atoms with Crippen LogP contribution in [0.4, 0.5) is 5.69 Å². The summed E-state index contributed by atoms with van der Waals surface area (Å²) in [7, 11) is 1.39. The van der Waals surface area contributed by atoms with E-state index in [2.05, 4.69) is 4.85 Å². The molecule has 1 rings (SSSR count). The summed E-state index contributed by atoms with van der Waals surface area (Å²) >= 11 is 0. The van der Waals surface area contributed by atoms with Crippen LogP contribution in [0.15, 0.2) is 18.2 Å². The molecule has 0 unspecified atom stereocenters. The lowest BCUT2D eigenvalue weighted by molar-refractivity contribution is -0.385. The second-order valence-electron chi connectivity index (χ2n) is 2.90. The predicted molar refractivity (Wildman–Crippen MR) is 54.8 cm³/mol. The second kappa shape index (κ2) is 4.96. The number of nitro benzene ring substituents is 1. The topological polar surface area (TPSA) is 56.7 Å². The summed E-state index contributed by atoms with van der Waals surface area (Å²) in [6.07, 6.45) is 0.581. The Hall–Kier alpha value is -2.09. The molecule has 0 aliphatic heterocycles. The van der Waals surface area contributed by atoms with Gasteiger partial charge in [0.25, 0.3) is 0 Å². The molecule has 0 bridgehead atoms. The fraction of sp³-hybridized carbons (Fsp3) is 0.300. The molecule has 15 heavy (non-hydrogen) atoms. The van der Waals surface area contributed by atoms with Crippen LogP contribution in [0.2, 0.25) is 0 Å². The maximum atomic E-state index is 10.6. The van der Waals surface area contributed by atoms with Crippen LogP contribution in [0.5, 0.6) is 5.75 Å². The quantitative estimate of drug-likeness (QED) is 0.430. The minimum atomic E-state index is -0.489. The highest BCUT2D eigenvalue weighted by atomic mass is 16.6. The zero-order chi connectivity index (χ0) is 11.3. The van der Waals surface area contributed by atoms with Gasteiger partial charge in [0.05, 0.1) is 12.0 Å². The molecule has 0 fully saturated rings. The molecule has 0 atom stereocenters. The number of hydrogen-bond donors (Lipinski definition) is 0. The maximum Gasteiger partial charge on any atom is 0.310 e. The predicted octanol–water partition coefficient (Wildman–Crippen LogP) is 2.07. The average molecular weight is 206 g/mol. The SMILES string of the molecule is [C-]#[N+]CCc1ccc([N+](=O)[O-])c(OC)c1. The molecule has 0 radical (unpaired) electrons. The van der Waals surface area contributed by atoms with Gasteiger partial charge in [-0.2, -0.15) is 0 Å². The average Bonchev–Trinajstić information content (AvgIpc) is 2.25. The van der Waals surface area contributed by atoms with Gasteiger partial charge < -0.3 is 9.58 Å². The van der Waals surface area contributed by atoms with Gasteiger partial charge in [-0.05, 0) is 11.6 Å². The third-order valence-corrected chi connectivity index (χ3v) is 1.95. The Kier molecular flexibility index (Phi) is 3.63. The molecule has 0 saturated carbocycles. The van der Waals surface area contributed by atoms with E-state index in [0.29, 0.717) is 13.0 Å². The summed E-state index contributed by atoms with van der Waals surface area (Å²) in [5, 5.41) is 10.6. The van der Waals surface area contributed by atoms with Crippen molar-refractivity contribution in [3.05, 3.63) is 45.3 Å². The van der Waals surface area contributed by atoms with Crippen molar-refractivity contribution in [3.63, 3.8) is 0 Å². The first-order valence-electron chi connectivity index (χ1n) is 4.33. The minimum Gasteiger partial charge on any atom is -0.490 e. The van der Waals surface area contributed by atoms with Gasteiger partial charge in [0.2, 0.25) is 6.54 Å². The number of ether oxygens (including phenoxy) is 1. The van der Waals surface area contributed by atoms with E-state index in [-0.39, 0.29) is 11.4 Å². The first-order valence-corrected chi connectivity index (χ1v) is 4.33. The summed E-state index contributed by atoms with van der Waals surface area (Å²) in [6.45, 7) is 7.02. The van der Waals surface area contributed by atoms with E-state index in [1.807, 2.05) is 0 Å². The molecule has 0 spiro atoms. The van der Waals surface area contributed by atoms with Gasteiger partial charge in [-0.25, -0.2) is 6.57 Å². The van der Waals surface area contributed by atoms with Crippen LogP contribution in [-0.4, -0.2) is 18.6 Å². The van der Waals surface area contributed by atoms with Gasteiger partial charge in [-0.3, -0.25) is 10.1 Å². The second-order valence-corrected chi connectivity index (χ2v) is 2.90. The fourth-order valence-electron chi connectivity index (χ4n) is 1.21. The Labute approximate surface area is 87.3 Å². The Morgan fingerprint density at radius 2 is 2.33 bits per heavy atom. The van der Waals surface area contributed by atoms with E-state index in [0.717, 1.165) is 5.56 Å². The molecule has 0 saturated heterocycles. The van der Waals surface area contributed by atoms with Crippen molar-refractivity contribution in [1.82, 2.24) is 0 Å². The van der Waals surface area contributed by atoms with E-state index in [1.165, 1.54) is 13.2 Å². The highest BCUT2D eigenvalue weighted by molar-refractivity contribution is 5.48. The molecular formula is C10H10N2O3. The molecule has 0 amide bonds. The summed E-state index contributed by atoms with van der Waals surface area (Å²) in [5.74, 6) is 0.238. The van der Waals surface area contributed by atoms with E-state index >= 15 is 0 Å². The number of nitro groups is 1. The number of hydrogen-bond acceptors (Lipinski definition) is 3. The van der Waals surface area contributed by atoms with Gasteiger partial charge in [-0.1, -0.05) is 6.07 Å². The van der Waals surface area contributed by atoms with Crippen molar-refractivity contribution in [2.24, 2.45) is 0 Å². The number of benzene rings is 1. The first kappa shape index (κ1) is 11.0. The van der Waals surface area contributed by atoms with E-state index in [4.69, 9.17) is 11.3 Å². The molecule has 1 aromatic carbocycles. The summed E-state index contributed by atoms with van der Waals surface area (Å²) in [4.78, 5) is 13.3. The van der Waals surface area contributed by atoms with Crippen LogP contribution in [0, 0.1) is 16.7 Å². The lowest BCUT2D eigenvalue weighted by Gasteiger charge is -2.03. The lowest BCUT2D eigenvalue weighted by atomic mass is 10.1. The third-order valence-electron chi connectivity index (χ3n) is 1.95. The Bertz CT molecular complexity index is 410. The van der Waals surface area contributed by atoms with Crippen molar-refractivity contribution in [1.29, 1.82) is 0 Å². The largest absolute Gasteiger partial charge is 0.490 e. The summed E-state index contributed by atoms with van der Waals surface area (Å²) < 4.78 is 4.91. The molecule has 1 aromatic rings. The molecule has 5 heteroatoms. The zero-order valence-electron chi connectivity index (χ0n) is 8.27. The Morgan fingerprint density at radius 3 is 2.87 bits per heavy atom. The van der Waals surface area contributed by atoms with Crippen LogP contribution in [0.3, 0.4) is 0 Å². The Morgan fingerprint density at radius 1 is 1.60 bits per heavy atom. The van der Waals surface area contributed by atoms with E-state index in [9.17, 15) is 10.1 Å². The highest BCUT2D eigenvalue weighted by Gasteiger charge is 2.14. The maximum absolute atomic E-state index is 10.6.